The summed E-state index contributed by atoms with van der Waals surface area (Å²) in [6.07, 6.45) is 0.669. The maximum absolute atomic E-state index is 11.9. The highest BCUT2D eigenvalue weighted by Crippen LogP contribution is 2.28. The smallest absolute Gasteiger partial charge is 0.240 e. The number of aromatic hydroxyl groups is 1. The average Bonchev–Trinajstić information content (AvgIpc) is 3.03. The van der Waals surface area contributed by atoms with Crippen LogP contribution in [0.2, 0.25) is 0 Å². The van der Waals surface area contributed by atoms with E-state index >= 15 is 0 Å². The fourth-order valence-corrected chi connectivity index (χ4v) is 3.42. The second-order valence-corrected chi connectivity index (χ2v) is 6.38. The lowest BCUT2D eigenvalue weighted by atomic mass is 9.94. The van der Waals surface area contributed by atoms with Crippen LogP contribution in [-0.4, -0.2) is 70.7 Å². The third-order valence-corrected chi connectivity index (χ3v) is 4.90. The Labute approximate surface area is 136 Å². The number of carbonyl (C=O) groups is 1. The molecule has 2 aliphatic rings. The molecule has 0 radical (unpaired) electrons. The van der Waals surface area contributed by atoms with Crippen LogP contribution in [0.15, 0.2) is 12.1 Å². The van der Waals surface area contributed by atoms with Gasteiger partial charge in [-0.25, -0.2) is 0 Å². The van der Waals surface area contributed by atoms with Gasteiger partial charge in [-0.05, 0) is 19.1 Å². The molecule has 1 aromatic rings. The molecular weight excluding hydrogens is 296 g/mol. The number of hydrogen-bond acceptors (Lipinski definition) is 6. The molecular formula is C16H24N4O3. The molecule has 23 heavy (non-hydrogen) atoms. The second kappa shape index (κ2) is 6.43. The van der Waals surface area contributed by atoms with E-state index in [4.69, 9.17) is 10.5 Å². The third kappa shape index (κ3) is 3.17. The van der Waals surface area contributed by atoms with Crippen molar-refractivity contribution in [3.05, 3.63) is 23.5 Å². The van der Waals surface area contributed by atoms with Gasteiger partial charge in [-0.15, -0.1) is 0 Å². The van der Waals surface area contributed by atoms with Gasteiger partial charge in [-0.3, -0.25) is 19.6 Å². The summed E-state index contributed by atoms with van der Waals surface area (Å²) in [5.41, 5.74) is 6.59. The van der Waals surface area contributed by atoms with Gasteiger partial charge >= 0.3 is 0 Å². The fourth-order valence-electron chi connectivity index (χ4n) is 3.42. The maximum atomic E-state index is 11.9. The number of rotatable bonds is 4. The van der Waals surface area contributed by atoms with Crippen LogP contribution < -0.4 is 5.73 Å². The van der Waals surface area contributed by atoms with Gasteiger partial charge in [0.15, 0.2) is 0 Å². The zero-order chi connectivity index (χ0) is 16.4. The Morgan fingerprint density at radius 2 is 2.13 bits per heavy atom. The SMILES string of the molecule is Cc1ccc(O)c(CN2CCN(C3(C(N)=O)CCOC3)CC2)n1. The Morgan fingerprint density at radius 3 is 2.74 bits per heavy atom. The number of aromatic nitrogens is 1. The van der Waals surface area contributed by atoms with Crippen molar-refractivity contribution in [3.63, 3.8) is 0 Å². The molecule has 1 aromatic heterocycles. The number of carbonyl (C=O) groups excluding carboxylic acids is 1. The first kappa shape index (κ1) is 16.2. The molecule has 2 aliphatic heterocycles. The molecule has 0 aromatic carbocycles. The molecule has 0 spiro atoms. The van der Waals surface area contributed by atoms with Gasteiger partial charge in [-0.1, -0.05) is 0 Å². The molecule has 7 nitrogen and oxygen atoms in total. The van der Waals surface area contributed by atoms with Gasteiger partial charge < -0.3 is 15.6 Å². The lowest BCUT2D eigenvalue weighted by Crippen LogP contribution is -2.63. The number of primary amides is 1. The minimum atomic E-state index is -0.643. The highest BCUT2D eigenvalue weighted by molar-refractivity contribution is 5.85. The maximum Gasteiger partial charge on any atom is 0.240 e. The van der Waals surface area contributed by atoms with Crippen LogP contribution in [0.5, 0.6) is 5.75 Å². The number of aryl methyl sites for hydroxylation is 1. The second-order valence-electron chi connectivity index (χ2n) is 6.38. The number of piperazine rings is 1. The van der Waals surface area contributed by atoms with Gasteiger partial charge in [0.05, 0.1) is 12.3 Å². The predicted octanol–water partition coefficient (Wildman–Crippen LogP) is -0.142. The molecule has 126 valence electrons. The molecule has 7 heteroatoms. The third-order valence-electron chi connectivity index (χ3n) is 4.90. The number of pyridine rings is 1. The molecule has 3 N–H and O–H groups in total. The number of hydrogen-bond donors (Lipinski definition) is 2. The summed E-state index contributed by atoms with van der Waals surface area (Å²) in [5.74, 6) is -0.0581. The zero-order valence-electron chi connectivity index (χ0n) is 13.5. The van der Waals surface area contributed by atoms with Crippen LogP contribution in [0.4, 0.5) is 0 Å². The van der Waals surface area contributed by atoms with Crippen molar-refractivity contribution in [3.8, 4) is 5.75 Å². The summed E-state index contributed by atoms with van der Waals surface area (Å²) >= 11 is 0. The van der Waals surface area contributed by atoms with E-state index < -0.39 is 5.54 Å². The van der Waals surface area contributed by atoms with E-state index in [1.54, 1.807) is 12.1 Å². The highest BCUT2D eigenvalue weighted by Gasteiger charge is 2.46. The molecule has 1 unspecified atom stereocenters. The minimum absolute atomic E-state index is 0.232. The number of ether oxygens (including phenoxy) is 1. The minimum Gasteiger partial charge on any atom is -0.506 e. The van der Waals surface area contributed by atoms with E-state index in [-0.39, 0.29) is 11.7 Å². The van der Waals surface area contributed by atoms with Crippen LogP contribution in [0.25, 0.3) is 0 Å². The van der Waals surface area contributed by atoms with Crippen LogP contribution >= 0.6 is 0 Å². The van der Waals surface area contributed by atoms with E-state index in [1.165, 1.54) is 0 Å². The largest absolute Gasteiger partial charge is 0.506 e. The van der Waals surface area contributed by atoms with Gasteiger partial charge in [0.1, 0.15) is 11.3 Å². The predicted molar refractivity (Wildman–Crippen MR) is 84.9 cm³/mol. The van der Waals surface area contributed by atoms with Crippen LogP contribution in [0.3, 0.4) is 0 Å². The number of amides is 1. The fraction of sp³-hybridized carbons (Fsp3) is 0.625. The van der Waals surface area contributed by atoms with Crippen molar-refractivity contribution >= 4 is 5.91 Å². The molecule has 3 rings (SSSR count). The standard InChI is InChI=1S/C16H24N4O3/c1-12-2-3-14(21)13(18-12)10-19-5-7-20(8-6-19)16(15(17)22)4-9-23-11-16/h2-3,21H,4-11H2,1H3,(H2,17,22). The summed E-state index contributed by atoms with van der Waals surface area (Å²) in [4.78, 5) is 20.7. The Balaban J connectivity index is 1.62. The average molecular weight is 320 g/mol. The highest BCUT2D eigenvalue weighted by atomic mass is 16.5. The molecule has 2 fully saturated rings. The van der Waals surface area contributed by atoms with Crippen molar-refractivity contribution in [2.45, 2.75) is 25.4 Å². The van der Waals surface area contributed by atoms with Crippen molar-refractivity contribution in [1.29, 1.82) is 0 Å². The lowest BCUT2D eigenvalue weighted by molar-refractivity contribution is -0.132. The molecule has 1 atom stereocenters. The van der Waals surface area contributed by atoms with Crippen molar-refractivity contribution < 1.29 is 14.6 Å². The van der Waals surface area contributed by atoms with Crippen LogP contribution in [-0.2, 0) is 16.1 Å². The van der Waals surface area contributed by atoms with E-state index in [2.05, 4.69) is 14.8 Å². The van der Waals surface area contributed by atoms with Crippen LogP contribution in [0.1, 0.15) is 17.8 Å². The molecule has 0 bridgehead atoms. The van der Waals surface area contributed by atoms with E-state index in [0.29, 0.717) is 31.9 Å². The van der Waals surface area contributed by atoms with E-state index in [1.807, 2.05) is 6.92 Å². The summed E-state index contributed by atoms with van der Waals surface area (Å²) in [6, 6.07) is 3.49. The zero-order valence-corrected chi connectivity index (χ0v) is 13.5. The van der Waals surface area contributed by atoms with Crippen molar-refractivity contribution in [2.75, 3.05) is 39.4 Å². The Bertz CT molecular complexity index is 579. The lowest BCUT2D eigenvalue weighted by Gasteiger charge is -2.43. The molecule has 0 saturated carbocycles. The molecule has 1 amide bonds. The molecule has 2 saturated heterocycles. The number of nitrogens with zero attached hydrogens (tertiary/aromatic N) is 3. The van der Waals surface area contributed by atoms with Gasteiger partial charge in [-0.2, -0.15) is 0 Å². The topological polar surface area (TPSA) is 91.9 Å². The van der Waals surface area contributed by atoms with E-state index in [0.717, 1.165) is 31.9 Å². The quantitative estimate of drug-likeness (QED) is 0.802. The number of nitrogens with two attached hydrogens (primary N) is 1. The normalized spacial score (nSPS) is 26.5. The van der Waals surface area contributed by atoms with Gasteiger partial charge in [0, 0.05) is 51.4 Å². The first-order chi connectivity index (χ1) is 11.0. The summed E-state index contributed by atoms with van der Waals surface area (Å²) < 4.78 is 5.43. The Morgan fingerprint density at radius 1 is 1.39 bits per heavy atom. The molecule has 0 aliphatic carbocycles. The van der Waals surface area contributed by atoms with Crippen LogP contribution in [0, 0.1) is 6.92 Å². The van der Waals surface area contributed by atoms with Gasteiger partial charge in [0.2, 0.25) is 5.91 Å². The van der Waals surface area contributed by atoms with Crippen molar-refractivity contribution in [2.24, 2.45) is 5.73 Å². The Hall–Kier alpha value is -1.70. The first-order valence-electron chi connectivity index (χ1n) is 8.02. The summed E-state index contributed by atoms with van der Waals surface area (Å²) in [6.45, 7) is 6.65. The first-order valence-corrected chi connectivity index (χ1v) is 8.02. The summed E-state index contributed by atoms with van der Waals surface area (Å²) in [7, 11) is 0. The van der Waals surface area contributed by atoms with Gasteiger partial charge in [0.25, 0.3) is 0 Å². The summed E-state index contributed by atoms with van der Waals surface area (Å²) in [5, 5.41) is 9.93. The molecule has 3 heterocycles. The monoisotopic (exact) mass is 320 g/mol. The van der Waals surface area contributed by atoms with Crippen molar-refractivity contribution in [1.82, 2.24) is 14.8 Å². The Kier molecular flexibility index (Phi) is 4.52. The van der Waals surface area contributed by atoms with E-state index in [9.17, 15) is 9.90 Å².